The maximum absolute atomic E-state index is 9.36. The summed E-state index contributed by atoms with van der Waals surface area (Å²) in [5.41, 5.74) is 2.22. The SMILES string of the molecule is Cc1c(C(C)NCCCCN2CCCC2CO)oc2ccccc12. The van der Waals surface area contributed by atoms with Crippen molar-refractivity contribution in [1.29, 1.82) is 0 Å². The Kier molecular flexibility index (Phi) is 5.93. The molecule has 0 amide bonds. The summed E-state index contributed by atoms with van der Waals surface area (Å²) in [5, 5.41) is 14.2. The maximum Gasteiger partial charge on any atom is 0.134 e. The lowest BCUT2D eigenvalue weighted by Crippen LogP contribution is -2.33. The van der Waals surface area contributed by atoms with Gasteiger partial charge in [-0.05, 0) is 70.8 Å². The van der Waals surface area contributed by atoms with Crippen LogP contribution in [-0.2, 0) is 0 Å². The van der Waals surface area contributed by atoms with Crippen LogP contribution < -0.4 is 5.32 Å². The van der Waals surface area contributed by atoms with Crippen LogP contribution in [0.3, 0.4) is 0 Å². The molecule has 2 unspecified atom stereocenters. The van der Waals surface area contributed by atoms with E-state index in [2.05, 4.69) is 36.2 Å². The first-order valence-electron chi connectivity index (χ1n) is 9.27. The predicted molar refractivity (Wildman–Crippen MR) is 98.3 cm³/mol. The fourth-order valence-corrected chi connectivity index (χ4v) is 3.85. The zero-order valence-corrected chi connectivity index (χ0v) is 14.9. The topological polar surface area (TPSA) is 48.6 Å². The number of unbranched alkanes of at least 4 members (excludes halogenated alkanes) is 1. The van der Waals surface area contributed by atoms with Crippen molar-refractivity contribution in [3.63, 3.8) is 0 Å². The molecular weight excluding hydrogens is 300 g/mol. The zero-order valence-electron chi connectivity index (χ0n) is 14.9. The largest absolute Gasteiger partial charge is 0.459 e. The van der Waals surface area contributed by atoms with Gasteiger partial charge in [-0.25, -0.2) is 0 Å². The quantitative estimate of drug-likeness (QED) is 0.726. The van der Waals surface area contributed by atoms with Gasteiger partial charge < -0.3 is 14.8 Å². The fraction of sp³-hybridized carbons (Fsp3) is 0.600. The smallest absolute Gasteiger partial charge is 0.134 e. The predicted octanol–water partition coefficient (Wildman–Crippen LogP) is 3.63. The number of fused-ring (bicyclic) bond motifs is 1. The molecule has 0 spiro atoms. The van der Waals surface area contributed by atoms with Gasteiger partial charge in [0.2, 0.25) is 0 Å². The molecule has 4 nitrogen and oxygen atoms in total. The number of aliphatic hydroxyl groups is 1. The Bertz CT molecular complexity index is 652. The molecule has 4 heteroatoms. The second-order valence-electron chi connectivity index (χ2n) is 6.98. The summed E-state index contributed by atoms with van der Waals surface area (Å²) in [7, 11) is 0. The van der Waals surface area contributed by atoms with Crippen LogP contribution in [0.5, 0.6) is 0 Å². The van der Waals surface area contributed by atoms with Crippen molar-refractivity contribution in [2.24, 2.45) is 0 Å². The van der Waals surface area contributed by atoms with Crippen molar-refractivity contribution < 1.29 is 9.52 Å². The molecule has 0 saturated carbocycles. The van der Waals surface area contributed by atoms with Crippen LogP contribution in [-0.4, -0.2) is 42.3 Å². The summed E-state index contributed by atoms with van der Waals surface area (Å²) < 4.78 is 6.03. The van der Waals surface area contributed by atoms with Gasteiger partial charge in [-0.1, -0.05) is 18.2 Å². The van der Waals surface area contributed by atoms with Gasteiger partial charge in [0.25, 0.3) is 0 Å². The second-order valence-corrected chi connectivity index (χ2v) is 6.98. The van der Waals surface area contributed by atoms with Crippen molar-refractivity contribution in [3.05, 3.63) is 35.6 Å². The third-order valence-electron chi connectivity index (χ3n) is 5.31. The van der Waals surface area contributed by atoms with Crippen LogP contribution in [0.4, 0.5) is 0 Å². The molecule has 132 valence electrons. The Morgan fingerprint density at radius 2 is 2.17 bits per heavy atom. The number of aryl methyl sites for hydroxylation is 1. The lowest BCUT2D eigenvalue weighted by atomic mass is 10.1. The molecule has 2 N–H and O–H groups in total. The highest BCUT2D eigenvalue weighted by Crippen LogP contribution is 2.29. The zero-order chi connectivity index (χ0) is 16.9. The number of likely N-dealkylation sites (tertiary alicyclic amines) is 1. The second kappa shape index (κ2) is 8.15. The Balaban J connectivity index is 1.44. The van der Waals surface area contributed by atoms with Crippen molar-refractivity contribution in [3.8, 4) is 0 Å². The average molecular weight is 330 g/mol. The van der Waals surface area contributed by atoms with Crippen molar-refractivity contribution >= 4 is 11.0 Å². The van der Waals surface area contributed by atoms with Gasteiger partial charge >= 0.3 is 0 Å². The molecule has 2 aromatic rings. The Labute approximate surface area is 144 Å². The third kappa shape index (κ3) is 3.82. The van der Waals surface area contributed by atoms with Crippen LogP contribution >= 0.6 is 0 Å². The van der Waals surface area contributed by atoms with Crippen LogP contribution in [0.2, 0.25) is 0 Å². The normalized spacial score (nSPS) is 20.0. The number of para-hydroxylation sites is 1. The van der Waals surface area contributed by atoms with E-state index in [1.54, 1.807) is 0 Å². The summed E-state index contributed by atoms with van der Waals surface area (Å²) in [4.78, 5) is 2.44. The summed E-state index contributed by atoms with van der Waals surface area (Å²) >= 11 is 0. The Morgan fingerprint density at radius 3 is 2.96 bits per heavy atom. The molecule has 3 rings (SSSR count). The van der Waals surface area contributed by atoms with Crippen LogP contribution in [0.25, 0.3) is 11.0 Å². The highest BCUT2D eigenvalue weighted by molar-refractivity contribution is 5.82. The third-order valence-corrected chi connectivity index (χ3v) is 5.31. The first kappa shape index (κ1) is 17.5. The maximum atomic E-state index is 9.36. The molecule has 1 aromatic heterocycles. The van der Waals surface area contributed by atoms with Gasteiger partial charge in [-0.2, -0.15) is 0 Å². The molecule has 1 aromatic carbocycles. The molecule has 24 heavy (non-hydrogen) atoms. The molecule has 1 saturated heterocycles. The number of furan rings is 1. The molecule has 0 bridgehead atoms. The highest BCUT2D eigenvalue weighted by Gasteiger charge is 2.22. The minimum atomic E-state index is 0.231. The van der Waals surface area contributed by atoms with E-state index in [1.165, 1.54) is 23.8 Å². The Morgan fingerprint density at radius 1 is 1.33 bits per heavy atom. The number of nitrogens with zero attached hydrogens (tertiary/aromatic N) is 1. The van der Waals surface area contributed by atoms with Crippen molar-refractivity contribution in [2.45, 2.75) is 51.6 Å². The summed E-state index contributed by atoms with van der Waals surface area (Å²) in [5.74, 6) is 1.05. The molecule has 1 aliphatic heterocycles. The van der Waals surface area contributed by atoms with Gasteiger partial charge in [-0.3, -0.25) is 4.90 Å². The van der Waals surface area contributed by atoms with Gasteiger partial charge in [0.15, 0.2) is 0 Å². The van der Waals surface area contributed by atoms with Gasteiger partial charge in [-0.15, -0.1) is 0 Å². The molecule has 0 aliphatic carbocycles. The number of nitrogens with one attached hydrogen (secondary N) is 1. The van der Waals surface area contributed by atoms with Crippen LogP contribution in [0.15, 0.2) is 28.7 Å². The van der Waals surface area contributed by atoms with E-state index in [9.17, 15) is 5.11 Å². The van der Waals surface area contributed by atoms with E-state index >= 15 is 0 Å². The molecule has 2 atom stereocenters. The number of hydrogen-bond acceptors (Lipinski definition) is 4. The standard InChI is InChI=1S/C20H30N2O2/c1-15-18-9-3-4-10-19(18)24-20(15)16(2)21-11-5-6-12-22-13-7-8-17(22)14-23/h3-4,9-10,16-17,21,23H,5-8,11-14H2,1-2H3. The number of aliphatic hydroxyl groups excluding tert-OH is 1. The van der Waals surface area contributed by atoms with Crippen LogP contribution in [0.1, 0.15) is 50.0 Å². The van der Waals surface area contributed by atoms with Gasteiger partial charge in [0.05, 0.1) is 12.6 Å². The van der Waals surface area contributed by atoms with E-state index in [1.807, 2.05) is 12.1 Å². The monoisotopic (exact) mass is 330 g/mol. The summed E-state index contributed by atoms with van der Waals surface area (Å²) in [6.45, 7) is 7.86. The first-order chi connectivity index (χ1) is 11.7. The van der Waals surface area contributed by atoms with Gasteiger partial charge in [0, 0.05) is 11.4 Å². The van der Waals surface area contributed by atoms with E-state index in [0.29, 0.717) is 12.6 Å². The minimum absolute atomic E-state index is 0.231. The van der Waals surface area contributed by atoms with E-state index in [0.717, 1.165) is 43.8 Å². The lowest BCUT2D eigenvalue weighted by molar-refractivity contribution is 0.157. The first-order valence-corrected chi connectivity index (χ1v) is 9.27. The van der Waals surface area contributed by atoms with E-state index < -0.39 is 0 Å². The number of hydrogen-bond donors (Lipinski definition) is 2. The lowest BCUT2D eigenvalue weighted by Gasteiger charge is -2.22. The number of benzene rings is 1. The average Bonchev–Trinajstić information content (AvgIpc) is 3.19. The molecule has 1 fully saturated rings. The van der Waals surface area contributed by atoms with Gasteiger partial charge in [0.1, 0.15) is 11.3 Å². The molecule has 1 aliphatic rings. The molecule has 0 radical (unpaired) electrons. The fourth-order valence-electron chi connectivity index (χ4n) is 3.85. The van der Waals surface area contributed by atoms with Crippen LogP contribution in [0, 0.1) is 6.92 Å². The molecular formula is C20H30N2O2. The highest BCUT2D eigenvalue weighted by atomic mass is 16.3. The Hall–Kier alpha value is -1.36. The number of rotatable bonds is 8. The van der Waals surface area contributed by atoms with E-state index in [-0.39, 0.29) is 6.04 Å². The van der Waals surface area contributed by atoms with Crippen molar-refractivity contribution in [1.82, 2.24) is 10.2 Å². The minimum Gasteiger partial charge on any atom is -0.459 e. The molecule has 2 heterocycles. The van der Waals surface area contributed by atoms with E-state index in [4.69, 9.17) is 4.42 Å². The summed E-state index contributed by atoms with van der Waals surface area (Å²) in [6, 6.07) is 8.87. The van der Waals surface area contributed by atoms with Crippen molar-refractivity contribution in [2.75, 3.05) is 26.2 Å². The summed E-state index contributed by atoms with van der Waals surface area (Å²) in [6.07, 6.45) is 4.70.